The van der Waals surface area contributed by atoms with Crippen LogP contribution >= 0.6 is 0 Å². The third kappa shape index (κ3) is 7.44. The predicted molar refractivity (Wildman–Crippen MR) is 110 cm³/mol. The summed E-state index contributed by atoms with van der Waals surface area (Å²) in [5, 5.41) is 0. The molecule has 2 saturated carbocycles. The summed E-state index contributed by atoms with van der Waals surface area (Å²) in [6, 6.07) is 0.333. The van der Waals surface area contributed by atoms with Gasteiger partial charge in [-0.3, -0.25) is 0 Å². The molecule has 2 nitrogen and oxygen atoms in total. The average molecular weight is 341 g/mol. The highest BCUT2D eigenvalue weighted by Crippen LogP contribution is 2.47. The molecule has 0 aromatic rings. The van der Waals surface area contributed by atoms with E-state index in [0.717, 1.165) is 17.3 Å². The van der Waals surface area contributed by atoms with E-state index in [1.807, 2.05) is 27.7 Å². The number of hydrogen-bond donors (Lipinski definition) is 1. The first-order valence-electron chi connectivity index (χ1n) is 11.0. The van der Waals surface area contributed by atoms with Crippen LogP contribution in [0, 0.1) is 17.3 Å². The van der Waals surface area contributed by atoms with E-state index in [1.165, 1.54) is 38.9 Å². The lowest BCUT2D eigenvalue weighted by Crippen LogP contribution is -2.57. The van der Waals surface area contributed by atoms with Crippen molar-refractivity contribution in [2.24, 2.45) is 23.0 Å². The molecule has 0 unspecified atom stereocenters. The minimum Gasteiger partial charge on any atom is -0.328 e. The van der Waals surface area contributed by atoms with Gasteiger partial charge in [-0.05, 0) is 61.9 Å². The second-order valence-corrected chi connectivity index (χ2v) is 8.73. The average Bonchev–Trinajstić information content (AvgIpc) is 2.56. The molecule has 1 saturated heterocycles. The van der Waals surface area contributed by atoms with Gasteiger partial charge in [0.2, 0.25) is 0 Å². The first kappa shape index (κ1) is 22.0. The van der Waals surface area contributed by atoms with Crippen molar-refractivity contribution in [3.8, 4) is 0 Å². The van der Waals surface area contributed by atoms with Crippen LogP contribution in [0.15, 0.2) is 0 Å². The molecule has 2 N–H and O–H groups in total. The number of nitrogens with zero attached hydrogens (tertiary/aromatic N) is 1. The molecule has 2 heteroatoms. The summed E-state index contributed by atoms with van der Waals surface area (Å²) in [5.41, 5.74) is 5.89. The quantitative estimate of drug-likeness (QED) is 0.673. The zero-order chi connectivity index (χ0) is 18.0. The van der Waals surface area contributed by atoms with Crippen molar-refractivity contribution in [1.29, 1.82) is 0 Å². The summed E-state index contributed by atoms with van der Waals surface area (Å²) in [6.07, 6.45) is 15.4. The van der Waals surface area contributed by atoms with E-state index in [-0.39, 0.29) is 1.43 Å². The van der Waals surface area contributed by atoms with Crippen molar-refractivity contribution in [2.75, 3.05) is 19.6 Å². The molecule has 2 aliphatic carbocycles. The minimum atomic E-state index is 0. The van der Waals surface area contributed by atoms with Gasteiger partial charge in [0, 0.05) is 14.5 Å². The van der Waals surface area contributed by atoms with Crippen molar-refractivity contribution < 1.29 is 1.43 Å². The maximum atomic E-state index is 5.11. The standard InChI is InChI=1S/C17H31N.C3H9N.C2H6.H2/c1-2-18-13-17(14-18)10-8-16(9-11-17)12-15-6-4-3-5-7-15;1-3(2)4;1-2;/h15-16H,2-14H2,1H3;3H,4H2,1-2H3;1-2H3;1H. The molecular formula is C22H48N2. The van der Waals surface area contributed by atoms with Crippen LogP contribution < -0.4 is 5.73 Å². The number of likely N-dealkylation sites (tertiary alicyclic amines) is 1. The maximum absolute atomic E-state index is 5.11. The van der Waals surface area contributed by atoms with Crippen LogP contribution in [0.3, 0.4) is 0 Å². The Labute approximate surface area is 154 Å². The SMILES string of the molecule is CC.CC(C)N.CCN1CC2(CCC(CC3CCCCC3)CC2)C1.[HH]. The summed E-state index contributed by atoms with van der Waals surface area (Å²) >= 11 is 0. The van der Waals surface area contributed by atoms with Crippen molar-refractivity contribution in [3.05, 3.63) is 0 Å². The summed E-state index contributed by atoms with van der Waals surface area (Å²) in [7, 11) is 0. The number of rotatable bonds is 3. The lowest BCUT2D eigenvalue weighted by Gasteiger charge is -2.53. The Morgan fingerprint density at radius 3 is 1.88 bits per heavy atom. The molecule has 0 aromatic heterocycles. The van der Waals surface area contributed by atoms with Crippen LogP contribution in [0.4, 0.5) is 0 Å². The van der Waals surface area contributed by atoms with Gasteiger partial charge >= 0.3 is 0 Å². The second-order valence-electron chi connectivity index (χ2n) is 8.73. The van der Waals surface area contributed by atoms with Gasteiger partial charge in [-0.2, -0.15) is 0 Å². The number of hydrogen-bond acceptors (Lipinski definition) is 2. The summed E-state index contributed by atoms with van der Waals surface area (Å²) in [6.45, 7) is 14.3. The van der Waals surface area contributed by atoms with Gasteiger partial charge < -0.3 is 10.6 Å². The summed E-state index contributed by atoms with van der Waals surface area (Å²) in [5.74, 6) is 2.20. The molecular weight excluding hydrogens is 292 g/mol. The van der Waals surface area contributed by atoms with Gasteiger partial charge in [0.05, 0.1) is 0 Å². The van der Waals surface area contributed by atoms with Gasteiger partial charge in [-0.15, -0.1) is 0 Å². The smallest absolute Gasteiger partial charge is 0.00504 e. The summed E-state index contributed by atoms with van der Waals surface area (Å²) in [4.78, 5) is 2.63. The molecule has 146 valence electrons. The van der Waals surface area contributed by atoms with Crippen molar-refractivity contribution in [2.45, 2.75) is 105 Å². The van der Waals surface area contributed by atoms with Crippen LogP contribution in [0.25, 0.3) is 0 Å². The molecule has 0 atom stereocenters. The predicted octanol–water partition coefficient (Wildman–Crippen LogP) is 6.09. The molecule has 0 aromatic carbocycles. The Morgan fingerprint density at radius 1 is 0.958 bits per heavy atom. The molecule has 0 bridgehead atoms. The van der Waals surface area contributed by atoms with E-state index in [0.29, 0.717) is 6.04 Å². The largest absolute Gasteiger partial charge is 0.328 e. The van der Waals surface area contributed by atoms with Gasteiger partial charge in [0.1, 0.15) is 0 Å². The van der Waals surface area contributed by atoms with Gasteiger partial charge in [0.15, 0.2) is 0 Å². The Hall–Kier alpha value is -0.0800. The van der Waals surface area contributed by atoms with Crippen LogP contribution in [0.2, 0.25) is 0 Å². The topological polar surface area (TPSA) is 29.3 Å². The van der Waals surface area contributed by atoms with Crippen LogP contribution in [-0.2, 0) is 0 Å². The third-order valence-electron chi connectivity index (χ3n) is 6.12. The Kier molecular flexibility index (Phi) is 10.5. The van der Waals surface area contributed by atoms with E-state index in [1.54, 1.807) is 44.9 Å². The van der Waals surface area contributed by atoms with E-state index in [9.17, 15) is 0 Å². The first-order valence-corrected chi connectivity index (χ1v) is 11.0. The Bertz CT molecular complexity index is 294. The molecule has 3 fully saturated rings. The van der Waals surface area contributed by atoms with E-state index in [2.05, 4.69) is 11.8 Å². The highest BCUT2D eigenvalue weighted by molar-refractivity contribution is 4.97. The fourth-order valence-corrected chi connectivity index (χ4v) is 4.86. The van der Waals surface area contributed by atoms with Gasteiger partial charge in [0.25, 0.3) is 0 Å². The molecule has 24 heavy (non-hydrogen) atoms. The minimum absolute atomic E-state index is 0. The lowest BCUT2D eigenvalue weighted by molar-refractivity contribution is -0.0370. The molecule has 1 aliphatic heterocycles. The first-order chi connectivity index (χ1) is 11.5. The molecule has 3 rings (SSSR count). The molecule has 0 amide bonds. The molecule has 1 spiro atoms. The van der Waals surface area contributed by atoms with E-state index < -0.39 is 0 Å². The fourth-order valence-electron chi connectivity index (χ4n) is 4.86. The third-order valence-corrected chi connectivity index (χ3v) is 6.12. The number of nitrogens with two attached hydrogens (primary N) is 1. The van der Waals surface area contributed by atoms with Crippen LogP contribution in [0.5, 0.6) is 0 Å². The zero-order valence-electron chi connectivity index (χ0n) is 17.4. The zero-order valence-corrected chi connectivity index (χ0v) is 17.4. The molecule has 0 radical (unpaired) electrons. The monoisotopic (exact) mass is 340 g/mol. The lowest BCUT2D eigenvalue weighted by atomic mass is 9.64. The maximum Gasteiger partial charge on any atom is 0.00504 e. The molecule has 3 aliphatic rings. The normalized spacial score (nSPS) is 24.6. The van der Waals surface area contributed by atoms with Crippen LogP contribution in [-0.4, -0.2) is 30.6 Å². The van der Waals surface area contributed by atoms with Crippen molar-refractivity contribution >= 4 is 0 Å². The second kappa shape index (κ2) is 11.5. The van der Waals surface area contributed by atoms with Crippen LogP contribution in [0.1, 0.15) is 100 Å². The molecule has 1 heterocycles. The van der Waals surface area contributed by atoms with Crippen molar-refractivity contribution in [3.63, 3.8) is 0 Å². The van der Waals surface area contributed by atoms with Crippen molar-refractivity contribution in [1.82, 2.24) is 4.90 Å². The Balaban J connectivity index is 0.000000730. The fraction of sp³-hybridized carbons (Fsp3) is 1.00. The van der Waals surface area contributed by atoms with Gasteiger partial charge in [-0.25, -0.2) is 0 Å². The summed E-state index contributed by atoms with van der Waals surface area (Å²) < 4.78 is 0. The van der Waals surface area contributed by atoms with Gasteiger partial charge in [-0.1, -0.05) is 66.7 Å². The Morgan fingerprint density at radius 2 is 1.42 bits per heavy atom. The highest BCUT2D eigenvalue weighted by Gasteiger charge is 2.44. The van der Waals surface area contributed by atoms with E-state index >= 15 is 0 Å². The highest BCUT2D eigenvalue weighted by atomic mass is 15.2. The van der Waals surface area contributed by atoms with E-state index in [4.69, 9.17) is 5.73 Å².